The molecule has 0 spiro atoms. The summed E-state index contributed by atoms with van der Waals surface area (Å²) in [5, 5.41) is 10.9. The van der Waals surface area contributed by atoms with Crippen molar-refractivity contribution in [3.63, 3.8) is 0 Å². The minimum Gasteiger partial charge on any atom is -0.493 e. The summed E-state index contributed by atoms with van der Waals surface area (Å²) in [5.41, 5.74) is 1.03. The van der Waals surface area contributed by atoms with Crippen molar-refractivity contribution >= 4 is 35.2 Å². The van der Waals surface area contributed by atoms with Gasteiger partial charge in [0.05, 0.1) is 22.6 Å². The lowest BCUT2D eigenvalue weighted by atomic mass is 10.1. The largest absolute Gasteiger partial charge is 0.493 e. The predicted molar refractivity (Wildman–Crippen MR) is 122 cm³/mol. The normalized spacial score (nSPS) is 14.0. The van der Waals surface area contributed by atoms with Gasteiger partial charge in [0.1, 0.15) is 12.4 Å². The molecule has 1 aliphatic rings. The molecule has 0 bridgehead atoms. The number of ether oxygens (including phenoxy) is 3. The monoisotopic (exact) mass is 482 g/mol. The van der Waals surface area contributed by atoms with Crippen LogP contribution in [0.3, 0.4) is 0 Å². The summed E-state index contributed by atoms with van der Waals surface area (Å²) in [6, 6.07) is 15.0. The molecule has 0 amide bonds. The zero-order chi connectivity index (χ0) is 24.2. The second-order valence-corrected chi connectivity index (χ2v) is 7.45. The maximum Gasteiger partial charge on any atom is 0.363 e. The van der Waals surface area contributed by atoms with E-state index < -0.39 is 10.9 Å². The molecule has 10 heteroatoms. The summed E-state index contributed by atoms with van der Waals surface area (Å²) in [7, 11) is 1.46. The highest BCUT2D eigenvalue weighted by atomic mass is 35.5. The van der Waals surface area contributed by atoms with E-state index in [1.807, 2.05) is 0 Å². The molecule has 34 heavy (non-hydrogen) atoms. The molecule has 3 aromatic carbocycles. The second kappa shape index (κ2) is 9.72. The van der Waals surface area contributed by atoms with Crippen LogP contribution in [0.4, 0.5) is 10.1 Å². The van der Waals surface area contributed by atoms with Crippen molar-refractivity contribution in [2.24, 2.45) is 4.99 Å². The van der Waals surface area contributed by atoms with Gasteiger partial charge in [-0.05, 0) is 35.9 Å². The number of halogens is 2. The fourth-order valence-electron chi connectivity index (χ4n) is 3.14. The molecule has 0 aromatic heterocycles. The van der Waals surface area contributed by atoms with Crippen molar-refractivity contribution in [3.05, 3.63) is 104 Å². The van der Waals surface area contributed by atoms with Crippen molar-refractivity contribution in [2.45, 2.75) is 6.61 Å². The van der Waals surface area contributed by atoms with Gasteiger partial charge < -0.3 is 14.2 Å². The molecule has 0 fully saturated rings. The Bertz CT molecular complexity index is 1360. The van der Waals surface area contributed by atoms with Crippen molar-refractivity contribution in [1.82, 2.24) is 0 Å². The first kappa shape index (κ1) is 22.9. The van der Waals surface area contributed by atoms with Gasteiger partial charge in [-0.25, -0.2) is 14.2 Å². The van der Waals surface area contributed by atoms with Gasteiger partial charge in [0.2, 0.25) is 5.90 Å². The lowest BCUT2D eigenvalue weighted by Crippen LogP contribution is -2.06. The number of carbonyl (C=O) groups is 1. The average Bonchev–Trinajstić information content (AvgIpc) is 3.18. The van der Waals surface area contributed by atoms with E-state index in [1.165, 1.54) is 31.4 Å². The standard InChI is InChI=1S/C24H16ClFN2O6/c1-32-22-11-14(6-9-21(22)33-13-15-4-2-3-5-19(15)26)10-20-24(29)34-23(27-20)17-8-7-16(28(30)31)12-18(17)25/h2-12H,13H2,1H3/b20-10-. The molecular formula is C24H16ClFN2O6. The zero-order valence-corrected chi connectivity index (χ0v) is 18.4. The Balaban J connectivity index is 1.56. The molecular weight excluding hydrogens is 467 g/mol. The SMILES string of the molecule is COc1cc(/C=C2\N=C(c3ccc([N+](=O)[O-])cc3Cl)OC2=O)ccc1OCc1ccccc1F. The minimum absolute atomic E-state index is 0.00602. The van der Waals surface area contributed by atoms with Crippen LogP contribution in [0.1, 0.15) is 16.7 Å². The number of benzene rings is 3. The first-order valence-corrected chi connectivity index (χ1v) is 10.2. The molecule has 172 valence electrons. The van der Waals surface area contributed by atoms with Crippen molar-refractivity contribution < 1.29 is 28.3 Å². The molecule has 3 aromatic rings. The van der Waals surface area contributed by atoms with Gasteiger partial charge in [-0.15, -0.1) is 0 Å². The minimum atomic E-state index is -0.705. The summed E-state index contributed by atoms with van der Waals surface area (Å²) in [4.78, 5) is 26.8. The van der Waals surface area contributed by atoms with Crippen molar-refractivity contribution in [2.75, 3.05) is 7.11 Å². The van der Waals surface area contributed by atoms with E-state index >= 15 is 0 Å². The molecule has 0 saturated heterocycles. The fraction of sp³-hybridized carbons (Fsp3) is 0.0833. The number of hydrogen-bond donors (Lipinski definition) is 0. The van der Waals surface area contributed by atoms with Gasteiger partial charge in [-0.2, -0.15) is 0 Å². The number of nitrogens with zero attached hydrogens (tertiary/aromatic N) is 2. The van der Waals surface area contributed by atoms with Crippen LogP contribution in [0.5, 0.6) is 11.5 Å². The third-order valence-corrected chi connectivity index (χ3v) is 5.16. The number of non-ortho nitro benzene ring substituents is 1. The molecule has 0 aliphatic carbocycles. The Hall–Kier alpha value is -4.24. The third-order valence-electron chi connectivity index (χ3n) is 4.85. The quantitative estimate of drug-likeness (QED) is 0.195. The number of carbonyl (C=O) groups excluding carboxylic acids is 1. The number of esters is 1. The second-order valence-electron chi connectivity index (χ2n) is 7.05. The smallest absolute Gasteiger partial charge is 0.363 e. The Kier molecular flexibility index (Phi) is 6.55. The predicted octanol–water partition coefficient (Wildman–Crippen LogP) is 5.32. The van der Waals surface area contributed by atoms with E-state index in [4.69, 9.17) is 25.8 Å². The molecule has 0 N–H and O–H groups in total. The van der Waals surface area contributed by atoms with Crippen LogP contribution in [0.25, 0.3) is 6.08 Å². The lowest BCUT2D eigenvalue weighted by molar-refractivity contribution is -0.384. The van der Waals surface area contributed by atoms with E-state index in [0.29, 0.717) is 22.6 Å². The topological polar surface area (TPSA) is 100 Å². The Morgan fingerprint density at radius 1 is 1.15 bits per heavy atom. The van der Waals surface area contributed by atoms with Crippen molar-refractivity contribution in [3.8, 4) is 11.5 Å². The van der Waals surface area contributed by atoms with Crippen LogP contribution >= 0.6 is 11.6 Å². The number of hydrogen-bond acceptors (Lipinski definition) is 7. The fourth-order valence-corrected chi connectivity index (χ4v) is 3.39. The zero-order valence-electron chi connectivity index (χ0n) is 17.7. The van der Waals surface area contributed by atoms with E-state index in [2.05, 4.69) is 4.99 Å². The molecule has 0 unspecified atom stereocenters. The molecule has 1 heterocycles. The Morgan fingerprint density at radius 2 is 1.94 bits per heavy atom. The van der Waals surface area contributed by atoms with E-state index in [9.17, 15) is 19.3 Å². The van der Waals surface area contributed by atoms with Crippen LogP contribution in [0.2, 0.25) is 5.02 Å². The number of aliphatic imine (C=N–C) groups is 1. The van der Waals surface area contributed by atoms with Gasteiger partial charge in [-0.3, -0.25) is 10.1 Å². The van der Waals surface area contributed by atoms with Crippen LogP contribution in [-0.2, 0) is 16.1 Å². The maximum absolute atomic E-state index is 13.8. The number of rotatable bonds is 7. The van der Waals surface area contributed by atoms with Gasteiger partial charge in [0, 0.05) is 17.7 Å². The first-order chi connectivity index (χ1) is 16.4. The lowest BCUT2D eigenvalue weighted by Gasteiger charge is -2.12. The van der Waals surface area contributed by atoms with Crippen LogP contribution in [0.15, 0.2) is 71.4 Å². The van der Waals surface area contributed by atoms with Crippen LogP contribution in [0, 0.1) is 15.9 Å². The van der Waals surface area contributed by atoms with Gasteiger partial charge >= 0.3 is 5.97 Å². The van der Waals surface area contributed by atoms with E-state index in [-0.39, 0.29) is 40.3 Å². The highest BCUT2D eigenvalue weighted by Crippen LogP contribution is 2.31. The Labute approximate surface area is 198 Å². The van der Waals surface area contributed by atoms with Crippen LogP contribution in [-0.4, -0.2) is 23.9 Å². The number of cyclic esters (lactones) is 1. The molecule has 0 saturated carbocycles. The highest BCUT2D eigenvalue weighted by Gasteiger charge is 2.26. The summed E-state index contributed by atoms with van der Waals surface area (Å²) >= 11 is 6.10. The summed E-state index contributed by atoms with van der Waals surface area (Å²) < 4.78 is 30.1. The Morgan fingerprint density at radius 3 is 2.65 bits per heavy atom. The van der Waals surface area contributed by atoms with Crippen molar-refractivity contribution in [1.29, 1.82) is 0 Å². The number of methoxy groups -OCH3 is 1. The van der Waals surface area contributed by atoms with Gasteiger partial charge in [0.15, 0.2) is 17.2 Å². The first-order valence-electron chi connectivity index (χ1n) is 9.87. The van der Waals surface area contributed by atoms with Crippen LogP contribution < -0.4 is 9.47 Å². The summed E-state index contributed by atoms with van der Waals surface area (Å²) in [5.74, 6) is -0.371. The third kappa shape index (κ3) is 4.89. The number of nitro benzene ring substituents is 1. The molecule has 4 rings (SSSR count). The summed E-state index contributed by atoms with van der Waals surface area (Å²) in [6.45, 7) is 0.0133. The number of nitro groups is 1. The van der Waals surface area contributed by atoms with E-state index in [0.717, 1.165) is 6.07 Å². The highest BCUT2D eigenvalue weighted by molar-refractivity contribution is 6.34. The molecule has 0 radical (unpaired) electrons. The van der Waals surface area contributed by atoms with E-state index in [1.54, 1.807) is 36.4 Å². The molecule has 8 nitrogen and oxygen atoms in total. The van der Waals surface area contributed by atoms with Gasteiger partial charge in [-0.1, -0.05) is 35.9 Å². The molecule has 0 atom stereocenters. The average molecular weight is 483 g/mol. The molecule has 1 aliphatic heterocycles. The maximum atomic E-state index is 13.8. The van der Waals surface area contributed by atoms with Gasteiger partial charge in [0.25, 0.3) is 5.69 Å². The summed E-state index contributed by atoms with van der Waals surface area (Å²) in [6.07, 6.45) is 1.48.